The van der Waals surface area contributed by atoms with Crippen LogP contribution >= 0.6 is 0 Å². The minimum atomic E-state index is 0.0862. The Morgan fingerprint density at radius 2 is 1.59 bits per heavy atom. The van der Waals surface area contributed by atoms with E-state index in [2.05, 4.69) is 29.2 Å². The van der Waals surface area contributed by atoms with Crippen molar-refractivity contribution in [3.8, 4) is 0 Å². The molecule has 2 saturated heterocycles. The minimum absolute atomic E-state index is 0.0862. The van der Waals surface area contributed by atoms with E-state index in [4.69, 9.17) is 0 Å². The smallest absolute Gasteiger partial charge is 0.253 e. The molecule has 0 unspecified atom stereocenters. The van der Waals surface area contributed by atoms with E-state index in [-0.39, 0.29) is 11.8 Å². The highest BCUT2D eigenvalue weighted by molar-refractivity contribution is 5.97. The van der Waals surface area contributed by atoms with Crippen molar-refractivity contribution in [2.24, 2.45) is 0 Å². The van der Waals surface area contributed by atoms with E-state index in [1.165, 1.54) is 5.56 Å². The number of carbonyl (C=O) groups is 2. The van der Waals surface area contributed by atoms with Crippen molar-refractivity contribution in [3.63, 3.8) is 0 Å². The SMILES string of the molecule is O=C(c1ccc(N2CCCCC2=O)cc1)N1CCCN(Cc2ccccc2)CC1. The van der Waals surface area contributed by atoms with E-state index in [1.807, 2.05) is 40.1 Å². The zero-order valence-corrected chi connectivity index (χ0v) is 16.9. The van der Waals surface area contributed by atoms with Gasteiger partial charge in [-0.05, 0) is 49.1 Å². The van der Waals surface area contributed by atoms with Gasteiger partial charge in [0.1, 0.15) is 0 Å². The van der Waals surface area contributed by atoms with Gasteiger partial charge in [-0.3, -0.25) is 14.5 Å². The molecule has 0 spiro atoms. The Hall–Kier alpha value is -2.66. The van der Waals surface area contributed by atoms with Crippen molar-refractivity contribution in [1.29, 1.82) is 0 Å². The Kier molecular flexibility index (Phi) is 6.25. The van der Waals surface area contributed by atoms with Gasteiger partial charge in [-0.25, -0.2) is 0 Å². The first-order valence-electron chi connectivity index (χ1n) is 10.7. The first kappa shape index (κ1) is 19.6. The molecule has 2 heterocycles. The number of nitrogens with zero attached hydrogens (tertiary/aromatic N) is 3. The molecule has 2 aromatic rings. The van der Waals surface area contributed by atoms with Gasteiger partial charge in [-0.1, -0.05) is 30.3 Å². The number of hydrogen-bond donors (Lipinski definition) is 0. The van der Waals surface area contributed by atoms with Crippen LogP contribution in [0.3, 0.4) is 0 Å². The zero-order valence-electron chi connectivity index (χ0n) is 16.9. The maximum Gasteiger partial charge on any atom is 0.253 e. The predicted molar refractivity (Wildman–Crippen MR) is 115 cm³/mol. The third-order valence-corrected chi connectivity index (χ3v) is 5.87. The lowest BCUT2D eigenvalue weighted by Gasteiger charge is -2.27. The van der Waals surface area contributed by atoms with Crippen molar-refractivity contribution < 1.29 is 9.59 Å². The lowest BCUT2D eigenvalue weighted by molar-refractivity contribution is -0.119. The van der Waals surface area contributed by atoms with Gasteiger partial charge < -0.3 is 9.80 Å². The van der Waals surface area contributed by atoms with E-state index >= 15 is 0 Å². The number of amides is 2. The summed E-state index contributed by atoms with van der Waals surface area (Å²) >= 11 is 0. The van der Waals surface area contributed by atoms with Gasteiger partial charge in [0.05, 0.1) is 0 Å². The van der Waals surface area contributed by atoms with Crippen LogP contribution in [0.25, 0.3) is 0 Å². The highest BCUT2D eigenvalue weighted by atomic mass is 16.2. The van der Waals surface area contributed by atoms with Crippen LogP contribution in [0.5, 0.6) is 0 Å². The van der Waals surface area contributed by atoms with Crippen molar-refractivity contribution in [2.75, 3.05) is 37.6 Å². The molecule has 0 saturated carbocycles. The topological polar surface area (TPSA) is 43.9 Å². The van der Waals surface area contributed by atoms with Gasteiger partial charge in [0.25, 0.3) is 5.91 Å². The molecule has 2 aromatic carbocycles. The molecule has 5 heteroatoms. The summed E-state index contributed by atoms with van der Waals surface area (Å²) in [6.45, 7) is 5.14. The number of anilines is 1. The summed E-state index contributed by atoms with van der Waals surface area (Å²) in [7, 11) is 0. The molecule has 2 aliphatic rings. The second-order valence-corrected chi connectivity index (χ2v) is 7.96. The average Bonchev–Trinajstić information content (AvgIpc) is 3.00. The van der Waals surface area contributed by atoms with Crippen molar-refractivity contribution >= 4 is 17.5 Å². The molecule has 4 rings (SSSR count). The molecule has 152 valence electrons. The minimum Gasteiger partial charge on any atom is -0.337 e. The molecule has 0 radical (unpaired) electrons. The summed E-state index contributed by atoms with van der Waals surface area (Å²) in [5.41, 5.74) is 2.92. The van der Waals surface area contributed by atoms with Gasteiger partial charge in [0.15, 0.2) is 0 Å². The lowest BCUT2D eigenvalue weighted by atomic mass is 10.1. The van der Waals surface area contributed by atoms with Crippen LogP contribution in [0.15, 0.2) is 54.6 Å². The van der Waals surface area contributed by atoms with Gasteiger partial charge in [-0.15, -0.1) is 0 Å². The molecule has 0 aromatic heterocycles. The average molecular weight is 392 g/mol. The van der Waals surface area contributed by atoms with E-state index in [0.29, 0.717) is 12.0 Å². The Bertz CT molecular complexity index is 835. The third kappa shape index (κ3) is 4.85. The number of hydrogen-bond acceptors (Lipinski definition) is 3. The van der Waals surface area contributed by atoms with Crippen molar-refractivity contribution in [3.05, 3.63) is 65.7 Å². The van der Waals surface area contributed by atoms with Crippen LogP contribution in [0.4, 0.5) is 5.69 Å². The van der Waals surface area contributed by atoms with Gasteiger partial charge in [-0.2, -0.15) is 0 Å². The summed E-state index contributed by atoms with van der Waals surface area (Å²) in [5, 5.41) is 0. The highest BCUT2D eigenvalue weighted by Gasteiger charge is 2.22. The maximum atomic E-state index is 13.0. The Labute approximate surface area is 172 Å². The summed E-state index contributed by atoms with van der Waals surface area (Å²) in [4.78, 5) is 31.3. The Balaban J connectivity index is 1.36. The molecule has 0 bridgehead atoms. The van der Waals surface area contributed by atoms with Crippen LogP contribution in [0.1, 0.15) is 41.6 Å². The van der Waals surface area contributed by atoms with Gasteiger partial charge in [0.2, 0.25) is 5.91 Å². The fraction of sp³-hybridized carbons (Fsp3) is 0.417. The lowest BCUT2D eigenvalue weighted by Crippen LogP contribution is -2.36. The summed E-state index contributed by atoms with van der Waals surface area (Å²) in [6, 6.07) is 18.1. The van der Waals surface area contributed by atoms with Crippen molar-refractivity contribution in [1.82, 2.24) is 9.80 Å². The summed E-state index contributed by atoms with van der Waals surface area (Å²) in [6.07, 6.45) is 3.62. The molecule has 2 aliphatic heterocycles. The van der Waals surface area contributed by atoms with Crippen LogP contribution in [0.2, 0.25) is 0 Å². The van der Waals surface area contributed by atoms with Crippen LogP contribution in [0, 0.1) is 0 Å². The molecule has 0 N–H and O–H groups in total. The van der Waals surface area contributed by atoms with E-state index < -0.39 is 0 Å². The van der Waals surface area contributed by atoms with E-state index in [1.54, 1.807) is 0 Å². The van der Waals surface area contributed by atoms with Gasteiger partial charge >= 0.3 is 0 Å². The third-order valence-electron chi connectivity index (χ3n) is 5.87. The molecule has 29 heavy (non-hydrogen) atoms. The first-order chi connectivity index (χ1) is 14.2. The fourth-order valence-corrected chi connectivity index (χ4v) is 4.22. The van der Waals surface area contributed by atoms with Gasteiger partial charge in [0, 0.05) is 56.9 Å². The standard InChI is InChI=1S/C24H29N3O2/c28-23-9-4-5-16-27(23)22-12-10-21(11-13-22)24(29)26-15-6-14-25(17-18-26)19-20-7-2-1-3-8-20/h1-3,7-8,10-13H,4-6,9,14-19H2. The van der Waals surface area contributed by atoms with E-state index in [9.17, 15) is 9.59 Å². The maximum absolute atomic E-state index is 13.0. The fourth-order valence-electron chi connectivity index (χ4n) is 4.22. The first-order valence-corrected chi connectivity index (χ1v) is 10.7. The monoisotopic (exact) mass is 391 g/mol. The highest BCUT2D eigenvalue weighted by Crippen LogP contribution is 2.22. The molecule has 2 fully saturated rings. The quantitative estimate of drug-likeness (QED) is 0.801. The normalized spacial score (nSPS) is 18.6. The molecule has 2 amide bonds. The number of carbonyl (C=O) groups excluding carboxylic acids is 2. The van der Waals surface area contributed by atoms with Crippen molar-refractivity contribution in [2.45, 2.75) is 32.2 Å². The molecule has 0 aliphatic carbocycles. The largest absolute Gasteiger partial charge is 0.337 e. The Morgan fingerprint density at radius 1 is 0.793 bits per heavy atom. The molecular weight excluding hydrogens is 362 g/mol. The number of benzene rings is 2. The van der Waals surface area contributed by atoms with Crippen LogP contribution in [-0.2, 0) is 11.3 Å². The second kappa shape index (κ2) is 9.23. The second-order valence-electron chi connectivity index (χ2n) is 7.96. The van der Waals surface area contributed by atoms with Crippen LogP contribution < -0.4 is 4.90 Å². The number of piperidine rings is 1. The number of rotatable bonds is 4. The molecule has 5 nitrogen and oxygen atoms in total. The Morgan fingerprint density at radius 3 is 2.34 bits per heavy atom. The van der Waals surface area contributed by atoms with Crippen LogP contribution in [-0.4, -0.2) is 54.3 Å². The predicted octanol–water partition coefficient (Wildman–Crippen LogP) is 3.55. The summed E-state index contributed by atoms with van der Waals surface area (Å²) < 4.78 is 0. The molecule has 0 atom stereocenters. The van der Waals surface area contributed by atoms with E-state index in [0.717, 1.165) is 64.2 Å². The zero-order chi connectivity index (χ0) is 20.1. The summed E-state index contributed by atoms with van der Waals surface area (Å²) in [5.74, 6) is 0.268. The molecular formula is C24H29N3O2.